The van der Waals surface area contributed by atoms with Gasteiger partial charge in [-0.2, -0.15) is 0 Å². The average Bonchev–Trinajstić information content (AvgIpc) is 3.61. The number of aliphatic imine (C=N–C) groups is 1. The topological polar surface area (TPSA) is 160 Å². The van der Waals surface area contributed by atoms with Crippen molar-refractivity contribution in [1.82, 2.24) is 24.7 Å². The number of nitrogens with two attached hydrogens (primary N) is 1. The van der Waals surface area contributed by atoms with E-state index in [1.807, 2.05) is 18.2 Å². The van der Waals surface area contributed by atoms with Crippen LogP contribution in [0.5, 0.6) is 0 Å². The number of rotatable bonds is 7. The summed E-state index contributed by atoms with van der Waals surface area (Å²) in [5.41, 5.74) is 7.33. The number of anilines is 1. The van der Waals surface area contributed by atoms with Crippen LogP contribution in [0.4, 0.5) is 5.95 Å². The van der Waals surface area contributed by atoms with Crippen LogP contribution in [0.1, 0.15) is 55.7 Å². The van der Waals surface area contributed by atoms with Crippen molar-refractivity contribution in [3.05, 3.63) is 96.2 Å². The van der Waals surface area contributed by atoms with Crippen LogP contribution in [0, 0.1) is 11.8 Å². The Morgan fingerprint density at radius 2 is 1.98 bits per heavy atom. The van der Waals surface area contributed by atoms with E-state index in [4.69, 9.17) is 31.5 Å². The minimum absolute atomic E-state index is 0.0883. The van der Waals surface area contributed by atoms with Gasteiger partial charge in [-0.05, 0) is 36.3 Å². The Bertz CT molecular complexity index is 1890. The van der Waals surface area contributed by atoms with Crippen LogP contribution in [0.25, 0.3) is 12.3 Å². The van der Waals surface area contributed by atoms with E-state index in [0.717, 1.165) is 31.2 Å². The van der Waals surface area contributed by atoms with Gasteiger partial charge in [0.15, 0.2) is 5.84 Å². The van der Waals surface area contributed by atoms with Gasteiger partial charge in [0.2, 0.25) is 5.95 Å². The quantitative estimate of drug-likeness (QED) is 0.210. The number of halogens is 1. The van der Waals surface area contributed by atoms with Gasteiger partial charge in [-0.3, -0.25) is 4.79 Å². The monoisotopic (exact) mass is 618 g/mol. The summed E-state index contributed by atoms with van der Waals surface area (Å²) in [7, 11) is 0. The molecular formula is C31H35ClN8O4. The lowest BCUT2D eigenvalue weighted by molar-refractivity contribution is 0.0926. The number of ether oxygens (including phenoxy) is 1. The number of imidazole rings is 1. The third kappa shape index (κ3) is 6.13. The van der Waals surface area contributed by atoms with Crippen LogP contribution in [0.15, 0.2) is 61.6 Å². The molecular weight excluding hydrogens is 584 g/mol. The zero-order valence-corrected chi connectivity index (χ0v) is 25.2. The first kappa shape index (κ1) is 29.6. The average molecular weight is 619 g/mol. The number of morpholine rings is 1. The molecule has 0 spiro atoms. The molecule has 0 unspecified atom stereocenters. The summed E-state index contributed by atoms with van der Waals surface area (Å²) in [6.07, 6.45) is 5.80. The fourth-order valence-electron chi connectivity index (χ4n) is 6.09. The molecule has 12 nitrogen and oxygen atoms in total. The Morgan fingerprint density at radius 1 is 1.20 bits per heavy atom. The Balaban J connectivity index is 1.62. The first-order valence-corrected chi connectivity index (χ1v) is 15.1. The second-order valence-electron chi connectivity index (χ2n) is 11.5. The van der Waals surface area contributed by atoms with Crippen molar-refractivity contribution >= 4 is 35.7 Å². The summed E-state index contributed by atoms with van der Waals surface area (Å²) in [4.78, 5) is 39.5. The minimum Gasteiger partial charge on any atom is -0.384 e. The molecule has 0 radical (unpaired) electrons. The molecule has 1 aromatic carbocycles. The molecule has 1 saturated carbocycles. The Kier molecular flexibility index (Phi) is 8.53. The van der Waals surface area contributed by atoms with Crippen molar-refractivity contribution in [2.24, 2.45) is 22.6 Å². The molecule has 1 saturated heterocycles. The van der Waals surface area contributed by atoms with E-state index in [1.165, 1.54) is 12.3 Å². The molecule has 4 heterocycles. The maximum absolute atomic E-state index is 13.3. The van der Waals surface area contributed by atoms with Gasteiger partial charge < -0.3 is 29.3 Å². The highest BCUT2D eigenvalue weighted by atomic mass is 35.5. The maximum Gasteiger partial charge on any atom is 0.434 e. The van der Waals surface area contributed by atoms with E-state index in [1.54, 1.807) is 0 Å². The first-order chi connectivity index (χ1) is 21.3. The minimum atomic E-state index is -0.781. The molecule has 2 aliphatic rings. The van der Waals surface area contributed by atoms with Crippen LogP contribution in [0.3, 0.4) is 0 Å². The lowest BCUT2D eigenvalue weighted by Gasteiger charge is -2.37. The van der Waals surface area contributed by atoms with Crippen LogP contribution < -0.4 is 32.6 Å². The van der Waals surface area contributed by atoms with E-state index < -0.39 is 11.3 Å². The lowest BCUT2D eigenvalue weighted by atomic mass is 9.83. The number of pyridine rings is 1. The van der Waals surface area contributed by atoms with Gasteiger partial charge in [0.25, 0.3) is 11.4 Å². The van der Waals surface area contributed by atoms with E-state index in [9.17, 15) is 9.59 Å². The second kappa shape index (κ2) is 12.7. The number of hydrogen-bond acceptors (Lipinski definition) is 8. The van der Waals surface area contributed by atoms with Gasteiger partial charge in [0, 0.05) is 19.3 Å². The molecule has 1 atom stereocenters. The van der Waals surface area contributed by atoms with Crippen LogP contribution in [0.2, 0.25) is 5.02 Å². The number of amidine groups is 1. The van der Waals surface area contributed by atoms with Gasteiger partial charge in [-0.15, -0.1) is 5.10 Å². The Hall–Kier alpha value is -4.42. The predicted octanol–water partition coefficient (Wildman–Crippen LogP) is 2.28. The van der Waals surface area contributed by atoms with Gasteiger partial charge in [-0.25, -0.2) is 19.9 Å². The molecule has 6 rings (SSSR count). The molecule has 4 N–H and O–H groups in total. The number of aromatic amines is 2. The molecule has 230 valence electrons. The van der Waals surface area contributed by atoms with Crippen LogP contribution >= 0.6 is 11.6 Å². The Morgan fingerprint density at radius 3 is 2.70 bits per heavy atom. The van der Waals surface area contributed by atoms with Gasteiger partial charge in [-0.1, -0.05) is 68.3 Å². The van der Waals surface area contributed by atoms with Crippen molar-refractivity contribution in [3.8, 4) is 0 Å². The Labute approximate surface area is 257 Å². The normalized spacial score (nSPS) is 21.8. The predicted molar refractivity (Wildman–Crippen MR) is 168 cm³/mol. The number of nitrogens with zero attached hydrogens (tertiary/aromatic N) is 5. The van der Waals surface area contributed by atoms with E-state index >= 15 is 0 Å². The lowest BCUT2D eigenvalue weighted by Crippen LogP contribution is -2.42. The molecule has 13 heteroatoms. The van der Waals surface area contributed by atoms with Crippen molar-refractivity contribution < 1.29 is 9.15 Å². The summed E-state index contributed by atoms with van der Waals surface area (Å²) >= 11 is 6.37. The van der Waals surface area contributed by atoms with Crippen molar-refractivity contribution in [2.75, 3.05) is 24.7 Å². The summed E-state index contributed by atoms with van der Waals surface area (Å²) in [5, 5.41) is 7.24. The van der Waals surface area contributed by atoms with Crippen molar-refractivity contribution in [3.63, 3.8) is 0 Å². The molecule has 3 aromatic heterocycles. The number of H-pyrrole nitrogens is 2. The second-order valence-corrected chi connectivity index (χ2v) is 11.9. The summed E-state index contributed by atoms with van der Waals surface area (Å²) < 4.78 is 13.1. The molecule has 0 bridgehead atoms. The number of aromatic nitrogens is 5. The van der Waals surface area contributed by atoms with Crippen LogP contribution in [-0.2, 0) is 11.3 Å². The number of hydrogen-bond donors (Lipinski definition) is 3. The molecule has 2 fully saturated rings. The van der Waals surface area contributed by atoms with E-state index in [0.29, 0.717) is 59.8 Å². The number of nitrogens with one attached hydrogen (secondary N) is 2. The molecule has 1 aliphatic carbocycles. The smallest absolute Gasteiger partial charge is 0.384 e. The highest BCUT2D eigenvalue weighted by Gasteiger charge is 2.31. The summed E-state index contributed by atoms with van der Waals surface area (Å²) in [6, 6.07) is 11.6. The van der Waals surface area contributed by atoms with Gasteiger partial charge >= 0.3 is 5.76 Å². The van der Waals surface area contributed by atoms with Crippen LogP contribution in [-0.4, -0.2) is 50.3 Å². The highest BCUT2D eigenvalue weighted by Crippen LogP contribution is 2.32. The first-order valence-electron chi connectivity index (χ1n) is 14.8. The van der Waals surface area contributed by atoms with E-state index in [2.05, 4.69) is 55.3 Å². The zero-order valence-electron chi connectivity index (χ0n) is 24.5. The van der Waals surface area contributed by atoms with Gasteiger partial charge in [0.1, 0.15) is 5.70 Å². The van der Waals surface area contributed by atoms with Gasteiger partial charge in [0.05, 0.1) is 40.5 Å². The van der Waals surface area contributed by atoms with E-state index in [-0.39, 0.29) is 29.0 Å². The van der Waals surface area contributed by atoms with Crippen molar-refractivity contribution in [2.45, 2.75) is 45.2 Å². The third-order valence-corrected chi connectivity index (χ3v) is 8.62. The summed E-state index contributed by atoms with van der Waals surface area (Å²) in [6.45, 7) is 8.88. The summed E-state index contributed by atoms with van der Waals surface area (Å²) in [5.74, 6) is 0.567. The zero-order chi connectivity index (χ0) is 30.8. The highest BCUT2D eigenvalue weighted by molar-refractivity contribution is 6.30. The SMILES string of the molecule is C=c1nc(N2CCOC[C@H]2c2ccccc2)n(CC2CCC(C)CC2)/c1=C(/N=C(N)c1n[nH]c(=O)o1)c1cc(Cl)c[nH]c1=O. The van der Waals surface area contributed by atoms with Crippen molar-refractivity contribution in [1.29, 1.82) is 0 Å². The largest absolute Gasteiger partial charge is 0.434 e. The molecule has 1 aliphatic heterocycles. The third-order valence-electron chi connectivity index (χ3n) is 8.40. The molecule has 44 heavy (non-hydrogen) atoms. The fourth-order valence-corrected chi connectivity index (χ4v) is 6.26. The molecule has 0 amide bonds. The fraction of sp³-hybridized carbons (Fsp3) is 0.387. The molecule has 4 aromatic rings. The standard InChI is InChI=1S/C31H35ClN8O4/c1-18-8-10-20(11-9-18)16-40-26(19(2)35-30(40)39-12-13-43-17-24(39)21-6-4-3-5-7-21)25(23-14-22(32)15-34-28(23)41)36-27(33)29-37-38-31(42)44-29/h3-7,14-15,18,20,24H,2,8-13,16-17H2,1H3,(H2,33,36)(H,34,41)(H,38,42)/b26-25+/t18?,20?,24-/m0/s1. The maximum atomic E-state index is 13.3. The number of benzene rings is 1.